The van der Waals surface area contributed by atoms with E-state index in [1.165, 1.54) is 0 Å². The van der Waals surface area contributed by atoms with E-state index in [4.69, 9.17) is 4.74 Å². The molecule has 7 nitrogen and oxygen atoms in total. The number of hydrogen-bond donors (Lipinski definition) is 2. The zero-order valence-electron chi connectivity index (χ0n) is 13.6. The van der Waals surface area contributed by atoms with Gasteiger partial charge in [0.1, 0.15) is 0 Å². The van der Waals surface area contributed by atoms with Crippen LogP contribution in [0.1, 0.15) is 37.0 Å². The highest BCUT2D eigenvalue weighted by Gasteiger charge is 2.35. The molecule has 0 radical (unpaired) electrons. The van der Waals surface area contributed by atoms with Crippen LogP contribution < -0.4 is 10.1 Å². The van der Waals surface area contributed by atoms with Gasteiger partial charge in [-0.1, -0.05) is 6.07 Å². The number of carboxylic acid groups (broad SMARTS) is 1. The minimum absolute atomic E-state index is 0.0421. The molecule has 128 valence electrons. The summed E-state index contributed by atoms with van der Waals surface area (Å²) in [6.45, 7) is 3.71. The van der Waals surface area contributed by atoms with Gasteiger partial charge in [-0.3, -0.25) is 14.4 Å². The van der Waals surface area contributed by atoms with E-state index in [2.05, 4.69) is 5.32 Å². The summed E-state index contributed by atoms with van der Waals surface area (Å²) in [6.07, 6.45) is 0.527. The van der Waals surface area contributed by atoms with Gasteiger partial charge >= 0.3 is 5.97 Å². The molecule has 3 atom stereocenters. The molecule has 1 aromatic carbocycles. The Morgan fingerprint density at radius 1 is 1.29 bits per heavy atom. The van der Waals surface area contributed by atoms with Gasteiger partial charge in [0, 0.05) is 12.6 Å². The van der Waals surface area contributed by atoms with Crippen molar-refractivity contribution < 1.29 is 24.2 Å². The molecular formula is C17H20N2O5. The summed E-state index contributed by atoms with van der Waals surface area (Å²) < 4.78 is 5.62. The highest BCUT2D eigenvalue weighted by Crippen LogP contribution is 2.35. The van der Waals surface area contributed by atoms with Gasteiger partial charge < -0.3 is 20.1 Å². The lowest BCUT2D eigenvalue weighted by atomic mass is 9.92. The molecule has 2 aliphatic rings. The Labute approximate surface area is 139 Å². The standard InChI is InChI=1S/C17H20N2O5/c1-9-6-7-11(17(22)23)8-19(9)16(21)12-4-3-5-13-14(12)24-10(2)15(20)18-13/h3-5,9-11H,6-8H2,1-2H3,(H,18,20)(H,22,23). The number of ether oxygens (including phenoxy) is 1. The third-order valence-corrected chi connectivity index (χ3v) is 4.66. The molecule has 0 bridgehead atoms. The fraction of sp³-hybridized carbons (Fsp3) is 0.471. The number of benzene rings is 1. The molecule has 7 heteroatoms. The fourth-order valence-corrected chi connectivity index (χ4v) is 3.14. The zero-order valence-corrected chi connectivity index (χ0v) is 13.6. The maximum absolute atomic E-state index is 13.0. The summed E-state index contributed by atoms with van der Waals surface area (Å²) in [5.41, 5.74) is 0.806. The molecule has 3 rings (SSSR count). The average molecular weight is 332 g/mol. The number of hydrogen-bond acceptors (Lipinski definition) is 4. The predicted molar refractivity (Wildman–Crippen MR) is 86.0 cm³/mol. The van der Waals surface area contributed by atoms with Gasteiger partial charge in [0.15, 0.2) is 11.9 Å². The number of rotatable bonds is 2. The molecule has 2 amide bonds. The van der Waals surface area contributed by atoms with Crippen molar-refractivity contribution in [1.29, 1.82) is 0 Å². The van der Waals surface area contributed by atoms with E-state index in [0.717, 1.165) is 0 Å². The van der Waals surface area contributed by atoms with Crippen LogP contribution in [0.5, 0.6) is 5.75 Å². The van der Waals surface area contributed by atoms with Crippen molar-refractivity contribution in [3.8, 4) is 5.75 Å². The molecule has 3 unspecified atom stereocenters. The number of para-hydroxylation sites is 1. The third kappa shape index (κ3) is 2.81. The number of aliphatic carboxylic acids is 1. The molecule has 2 heterocycles. The number of nitrogens with zero attached hydrogens (tertiary/aromatic N) is 1. The Bertz CT molecular complexity index is 702. The van der Waals surface area contributed by atoms with Gasteiger partial charge in [0.05, 0.1) is 17.2 Å². The summed E-state index contributed by atoms with van der Waals surface area (Å²) in [6, 6.07) is 4.95. The van der Waals surface area contributed by atoms with E-state index in [1.54, 1.807) is 30.0 Å². The molecule has 2 aliphatic heterocycles. The second-order valence-electron chi connectivity index (χ2n) is 6.35. The quantitative estimate of drug-likeness (QED) is 0.860. The Hall–Kier alpha value is -2.57. The molecular weight excluding hydrogens is 312 g/mol. The summed E-state index contributed by atoms with van der Waals surface area (Å²) in [5.74, 6) is -1.62. The first-order chi connectivity index (χ1) is 11.4. The number of fused-ring (bicyclic) bond motifs is 1. The predicted octanol–water partition coefficient (Wildman–Crippen LogP) is 1.73. The number of likely N-dealkylation sites (tertiary alicyclic amines) is 1. The Morgan fingerprint density at radius 3 is 2.75 bits per heavy atom. The van der Waals surface area contributed by atoms with Crippen LogP contribution in [-0.2, 0) is 9.59 Å². The van der Waals surface area contributed by atoms with Crippen LogP contribution in [0, 0.1) is 5.92 Å². The number of carbonyl (C=O) groups excluding carboxylic acids is 2. The van der Waals surface area contributed by atoms with Crippen molar-refractivity contribution in [2.45, 2.75) is 38.8 Å². The van der Waals surface area contributed by atoms with Crippen molar-refractivity contribution in [2.24, 2.45) is 5.92 Å². The Morgan fingerprint density at radius 2 is 2.04 bits per heavy atom. The normalized spacial score (nSPS) is 26.2. The third-order valence-electron chi connectivity index (χ3n) is 4.66. The van der Waals surface area contributed by atoms with Gasteiger partial charge in [-0.2, -0.15) is 0 Å². The molecule has 0 spiro atoms. The van der Waals surface area contributed by atoms with Crippen molar-refractivity contribution >= 4 is 23.5 Å². The van der Waals surface area contributed by atoms with E-state index < -0.39 is 18.0 Å². The number of carbonyl (C=O) groups is 3. The smallest absolute Gasteiger partial charge is 0.308 e. The van der Waals surface area contributed by atoms with Crippen LogP contribution in [0.2, 0.25) is 0 Å². The number of piperidine rings is 1. The number of amides is 2. The van der Waals surface area contributed by atoms with E-state index in [9.17, 15) is 19.5 Å². The monoisotopic (exact) mass is 332 g/mol. The van der Waals surface area contributed by atoms with Gasteiger partial charge in [-0.25, -0.2) is 0 Å². The van der Waals surface area contributed by atoms with Gasteiger partial charge in [-0.15, -0.1) is 0 Å². The van der Waals surface area contributed by atoms with Crippen molar-refractivity contribution in [3.05, 3.63) is 23.8 Å². The second kappa shape index (κ2) is 6.14. The first kappa shape index (κ1) is 16.3. The summed E-state index contributed by atoms with van der Waals surface area (Å²) >= 11 is 0. The highest BCUT2D eigenvalue weighted by molar-refractivity contribution is 6.04. The minimum atomic E-state index is -0.882. The summed E-state index contributed by atoms with van der Waals surface area (Å²) in [7, 11) is 0. The molecule has 0 saturated carbocycles. The lowest BCUT2D eigenvalue weighted by molar-refractivity contribution is -0.143. The second-order valence-corrected chi connectivity index (χ2v) is 6.35. The molecule has 2 N–H and O–H groups in total. The number of anilines is 1. The van der Waals surface area contributed by atoms with Gasteiger partial charge in [0.2, 0.25) is 0 Å². The van der Waals surface area contributed by atoms with E-state index >= 15 is 0 Å². The minimum Gasteiger partial charge on any atom is -0.481 e. The van der Waals surface area contributed by atoms with Crippen LogP contribution in [0.3, 0.4) is 0 Å². The van der Waals surface area contributed by atoms with Gasteiger partial charge in [-0.05, 0) is 38.8 Å². The number of nitrogens with one attached hydrogen (secondary N) is 1. The largest absolute Gasteiger partial charge is 0.481 e. The molecule has 1 saturated heterocycles. The van der Waals surface area contributed by atoms with Crippen LogP contribution >= 0.6 is 0 Å². The zero-order chi connectivity index (χ0) is 17.4. The SMILES string of the molecule is CC1Oc2c(cccc2C(=O)N2CC(C(=O)O)CCC2C)NC1=O. The maximum Gasteiger partial charge on any atom is 0.308 e. The van der Waals surface area contributed by atoms with Crippen molar-refractivity contribution in [3.63, 3.8) is 0 Å². The van der Waals surface area contributed by atoms with Crippen molar-refractivity contribution in [1.82, 2.24) is 4.90 Å². The lowest BCUT2D eigenvalue weighted by Gasteiger charge is -2.37. The molecule has 24 heavy (non-hydrogen) atoms. The van der Waals surface area contributed by atoms with Crippen LogP contribution in [0.15, 0.2) is 18.2 Å². The maximum atomic E-state index is 13.0. The first-order valence-corrected chi connectivity index (χ1v) is 8.02. The summed E-state index contributed by atoms with van der Waals surface area (Å²) in [5, 5.41) is 12.0. The Balaban J connectivity index is 1.91. The molecule has 0 aliphatic carbocycles. The fourth-order valence-electron chi connectivity index (χ4n) is 3.14. The van der Waals surface area contributed by atoms with Crippen LogP contribution in [0.25, 0.3) is 0 Å². The molecule has 1 fully saturated rings. The van der Waals surface area contributed by atoms with Gasteiger partial charge in [0.25, 0.3) is 11.8 Å². The van der Waals surface area contributed by atoms with E-state index in [1.807, 2.05) is 6.92 Å². The highest BCUT2D eigenvalue weighted by atomic mass is 16.5. The lowest BCUT2D eigenvalue weighted by Crippen LogP contribution is -2.47. The van der Waals surface area contributed by atoms with Crippen LogP contribution in [-0.4, -0.2) is 46.5 Å². The first-order valence-electron chi connectivity index (χ1n) is 8.02. The average Bonchev–Trinajstić information content (AvgIpc) is 2.55. The summed E-state index contributed by atoms with van der Waals surface area (Å²) in [4.78, 5) is 37.5. The van der Waals surface area contributed by atoms with E-state index in [-0.39, 0.29) is 24.4 Å². The van der Waals surface area contributed by atoms with Crippen LogP contribution in [0.4, 0.5) is 5.69 Å². The number of carboxylic acids is 1. The Kier molecular flexibility index (Phi) is 4.17. The molecule has 1 aromatic rings. The topological polar surface area (TPSA) is 95.9 Å². The van der Waals surface area contributed by atoms with E-state index in [0.29, 0.717) is 29.8 Å². The molecule has 0 aromatic heterocycles. The van der Waals surface area contributed by atoms with Crippen molar-refractivity contribution in [2.75, 3.05) is 11.9 Å².